The van der Waals surface area contributed by atoms with Gasteiger partial charge in [0.2, 0.25) is 0 Å². The Morgan fingerprint density at radius 1 is 0.676 bits per heavy atom. The fourth-order valence-electron chi connectivity index (χ4n) is 3.89. The van der Waals surface area contributed by atoms with E-state index in [9.17, 15) is 14.4 Å². The van der Waals surface area contributed by atoms with Crippen molar-refractivity contribution in [3.05, 3.63) is 89.0 Å². The zero-order chi connectivity index (χ0) is 24.4. The first-order valence-corrected chi connectivity index (χ1v) is 10.6. The third kappa shape index (κ3) is 3.92. The summed E-state index contributed by atoms with van der Waals surface area (Å²) >= 11 is 0. The molecule has 0 radical (unpaired) electrons. The maximum Gasteiger partial charge on any atom is 0.343 e. The number of carbonyl (C=O) groups excluding carboxylic acids is 3. The normalized spacial score (nSPS) is 13.9. The van der Waals surface area contributed by atoms with Gasteiger partial charge in [-0.05, 0) is 60.9 Å². The van der Waals surface area contributed by atoms with Crippen LogP contribution in [0.25, 0.3) is 6.08 Å². The molecule has 0 N–H and O–H groups in total. The molecule has 172 valence electrons. The second-order valence-electron chi connectivity index (χ2n) is 7.81. The van der Waals surface area contributed by atoms with Crippen LogP contribution in [-0.2, 0) is 9.59 Å². The molecule has 0 bridgehead atoms. The van der Waals surface area contributed by atoms with Gasteiger partial charge in [0.05, 0.1) is 25.6 Å². The summed E-state index contributed by atoms with van der Waals surface area (Å²) in [5.41, 5.74) is 2.71. The number of barbiturate groups is 1. The number of hydrogen-bond donors (Lipinski definition) is 0. The van der Waals surface area contributed by atoms with Gasteiger partial charge in [-0.2, -0.15) is 0 Å². The molecule has 0 unspecified atom stereocenters. The van der Waals surface area contributed by atoms with Gasteiger partial charge < -0.3 is 9.47 Å². The number of nitrogens with zero attached hydrogens (tertiary/aromatic N) is 2. The number of benzene rings is 3. The number of imide groups is 2. The Balaban J connectivity index is 1.90. The molecule has 0 atom stereocenters. The summed E-state index contributed by atoms with van der Waals surface area (Å²) in [7, 11) is 3.03. The van der Waals surface area contributed by atoms with Crippen LogP contribution in [0, 0.1) is 13.8 Å². The number of ether oxygens (including phenoxy) is 2. The summed E-state index contributed by atoms with van der Waals surface area (Å²) in [6, 6.07) is 18.5. The molecule has 0 aliphatic carbocycles. The SMILES string of the molecule is COc1ccc(C=C2C(=O)N(c3ccccc3C)C(=O)N(c3ccccc3C)C2=O)cc1OC. The van der Waals surface area contributed by atoms with Crippen molar-refractivity contribution in [2.24, 2.45) is 0 Å². The van der Waals surface area contributed by atoms with Crippen LogP contribution < -0.4 is 19.3 Å². The lowest BCUT2D eigenvalue weighted by atomic mass is 10.0. The molecular formula is C27H24N2O5. The molecule has 3 aromatic carbocycles. The second kappa shape index (κ2) is 9.23. The maximum absolute atomic E-state index is 13.6. The van der Waals surface area contributed by atoms with E-state index in [0.717, 1.165) is 20.9 Å². The molecule has 3 aromatic rings. The second-order valence-corrected chi connectivity index (χ2v) is 7.81. The monoisotopic (exact) mass is 456 g/mol. The number of methoxy groups -OCH3 is 2. The lowest BCUT2D eigenvalue weighted by Gasteiger charge is -2.35. The molecule has 4 rings (SSSR count). The molecule has 0 spiro atoms. The number of rotatable bonds is 5. The Kier molecular flexibility index (Phi) is 6.19. The molecule has 0 aromatic heterocycles. The van der Waals surface area contributed by atoms with Gasteiger partial charge >= 0.3 is 6.03 Å². The van der Waals surface area contributed by atoms with Gasteiger partial charge in [-0.1, -0.05) is 42.5 Å². The standard InChI is InChI=1S/C27H24N2O5/c1-17-9-5-7-11-21(17)28-25(30)20(15-19-13-14-23(33-3)24(16-19)34-4)26(31)29(27(28)32)22-12-8-6-10-18(22)2/h5-16H,1-4H3. The number of carbonyl (C=O) groups is 3. The quantitative estimate of drug-likeness (QED) is 0.403. The predicted molar refractivity (Wildman–Crippen MR) is 130 cm³/mol. The Morgan fingerprint density at radius 3 is 1.65 bits per heavy atom. The molecular weight excluding hydrogens is 432 g/mol. The first kappa shape index (κ1) is 22.8. The molecule has 34 heavy (non-hydrogen) atoms. The summed E-state index contributed by atoms with van der Waals surface area (Å²) in [5, 5.41) is 0. The Hall–Kier alpha value is -4.39. The number of urea groups is 1. The van der Waals surface area contributed by atoms with Crippen LogP contribution in [0.15, 0.2) is 72.3 Å². The predicted octanol–water partition coefficient (Wildman–Crippen LogP) is 4.90. The molecule has 1 heterocycles. The highest BCUT2D eigenvalue weighted by atomic mass is 16.5. The van der Waals surface area contributed by atoms with Gasteiger partial charge in [0.15, 0.2) is 11.5 Å². The van der Waals surface area contributed by atoms with Crippen molar-refractivity contribution in [2.75, 3.05) is 24.0 Å². The Bertz CT molecular complexity index is 1260. The van der Waals surface area contributed by atoms with Crippen molar-refractivity contribution in [3.63, 3.8) is 0 Å². The van der Waals surface area contributed by atoms with Gasteiger partial charge in [-0.15, -0.1) is 0 Å². The Morgan fingerprint density at radius 2 is 1.18 bits per heavy atom. The number of aryl methyl sites for hydroxylation is 2. The molecule has 7 nitrogen and oxygen atoms in total. The summed E-state index contributed by atoms with van der Waals surface area (Å²) in [6.07, 6.45) is 1.47. The third-order valence-corrected chi connectivity index (χ3v) is 5.68. The summed E-state index contributed by atoms with van der Waals surface area (Å²) in [5.74, 6) is -0.410. The van der Waals surface area contributed by atoms with Crippen LogP contribution in [-0.4, -0.2) is 32.1 Å². The highest BCUT2D eigenvalue weighted by Crippen LogP contribution is 2.34. The van der Waals surface area contributed by atoms with Crippen LogP contribution in [0.3, 0.4) is 0 Å². The van der Waals surface area contributed by atoms with E-state index in [0.29, 0.717) is 28.4 Å². The van der Waals surface area contributed by atoms with Gasteiger partial charge in [-0.3, -0.25) is 9.59 Å². The number of hydrogen-bond acceptors (Lipinski definition) is 5. The Labute approximate surface area is 197 Å². The highest BCUT2D eigenvalue weighted by molar-refractivity contribution is 6.46. The number of anilines is 2. The van der Waals surface area contributed by atoms with E-state index in [1.165, 1.54) is 20.3 Å². The van der Waals surface area contributed by atoms with Crippen LogP contribution in [0.4, 0.5) is 16.2 Å². The third-order valence-electron chi connectivity index (χ3n) is 5.68. The van der Waals surface area contributed by atoms with Crippen molar-refractivity contribution in [2.45, 2.75) is 13.8 Å². The summed E-state index contributed by atoms with van der Waals surface area (Å²) in [4.78, 5) is 42.8. The molecule has 0 saturated carbocycles. The fraction of sp³-hybridized carbons (Fsp3) is 0.148. The minimum atomic E-state index is -0.719. The average Bonchev–Trinajstić information content (AvgIpc) is 2.84. The minimum absolute atomic E-state index is 0.140. The molecule has 1 aliphatic rings. The molecule has 4 amide bonds. The van der Waals surface area contributed by atoms with Crippen molar-refractivity contribution in [1.82, 2.24) is 0 Å². The topological polar surface area (TPSA) is 76.2 Å². The molecule has 7 heteroatoms. The van der Waals surface area contributed by atoms with Crippen LogP contribution >= 0.6 is 0 Å². The van der Waals surface area contributed by atoms with Crippen LogP contribution in [0.5, 0.6) is 11.5 Å². The fourth-order valence-corrected chi connectivity index (χ4v) is 3.89. The van der Waals surface area contributed by atoms with Crippen molar-refractivity contribution in [1.29, 1.82) is 0 Å². The first-order valence-electron chi connectivity index (χ1n) is 10.6. The first-order chi connectivity index (χ1) is 16.4. The van der Waals surface area contributed by atoms with Gasteiger partial charge in [0.25, 0.3) is 11.8 Å². The van der Waals surface area contributed by atoms with Crippen LogP contribution in [0.2, 0.25) is 0 Å². The lowest BCUT2D eigenvalue weighted by Crippen LogP contribution is -2.57. The highest BCUT2D eigenvalue weighted by Gasteiger charge is 2.44. The summed E-state index contributed by atoms with van der Waals surface area (Å²) < 4.78 is 10.6. The zero-order valence-corrected chi connectivity index (χ0v) is 19.4. The molecule has 1 aliphatic heterocycles. The lowest BCUT2D eigenvalue weighted by molar-refractivity contribution is -0.121. The van der Waals surface area contributed by atoms with E-state index >= 15 is 0 Å². The van der Waals surface area contributed by atoms with E-state index in [1.807, 2.05) is 38.1 Å². The zero-order valence-electron chi connectivity index (χ0n) is 19.4. The maximum atomic E-state index is 13.6. The van der Waals surface area contributed by atoms with E-state index in [1.54, 1.807) is 42.5 Å². The van der Waals surface area contributed by atoms with Gasteiger partial charge in [-0.25, -0.2) is 14.6 Å². The largest absolute Gasteiger partial charge is 0.493 e. The van der Waals surface area contributed by atoms with Crippen molar-refractivity contribution < 1.29 is 23.9 Å². The molecule has 1 saturated heterocycles. The summed E-state index contributed by atoms with van der Waals surface area (Å²) in [6.45, 7) is 3.62. The van der Waals surface area contributed by atoms with Crippen molar-refractivity contribution >= 4 is 35.3 Å². The van der Waals surface area contributed by atoms with E-state index in [-0.39, 0.29) is 5.57 Å². The average molecular weight is 456 g/mol. The van der Waals surface area contributed by atoms with Crippen LogP contribution in [0.1, 0.15) is 16.7 Å². The van der Waals surface area contributed by atoms with E-state index in [2.05, 4.69) is 0 Å². The smallest absolute Gasteiger partial charge is 0.343 e. The van der Waals surface area contributed by atoms with Gasteiger partial charge in [0.1, 0.15) is 5.57 Å². The number of amides is 4. The van der Waals surface area contributed by atoms with Crippen molar-refractivity contribution in [3.8, 4) is 11.5 Å². The molecule has 1 fully saturated rings. The van der Waals surface area contributed by atoms with E-state index in [4.69, 9.17) is 9.47 Å². The van der Waals surface area contributed by atoms with Gasteiger partial charge in [0, 0.05) is 0 Å². The minimum Gasteiger partial charge on any atom is -0.493 e. The number of para-hydroxylation sites is 2. The van der Waals surface area contributed by atoms with E-state index < -0.39 is 17.8 Å².